The zero-order valence-corrected chi connectivity index (χ0v) is 66.7. The van der Waals surface area contributed by atoms with Crippen molar-refractivity contribution < 1.29 is 19.5 Å². The normalized spacial score (nSPS) is 13.3. The molecular formula is C82H59Cl9N16O7. The molecule has 0 unspecified atom stereocenters. The first-order chi connectivity index (χ1) is 54.9. The van der Waals surface area contributed by atoms with E-state index in [2.05, 4.69) is 39.2 Å². The molecule has 2 amide bonds. The third kappa shape index (κ3) is 16.0. The lowest BCUT2D eigenvalue weighted by molar-refractivity contribution is 0.0657. The number of likely N-dealkylation sites (N-methyl/N-ethyl adjacent to an activating group) is 2. The van der Waals surface area contributed by atoms with Crippen molar-refractivity contribution in [1.29, 1.82) is 0 Å². The van der Waals surface area contributed by atoms with Crippen LogP contribution in [0, 0.1) is 0 Å². The highest BCUT2D eigenvalue weighted by Crippen LogP contribution is 2.36. The first kappa shape index (κ1) is 78.3. The Morgan fingerprint density at radius 2 is 0.561 bits per heavy atom. The lowest BCUT2D eigenvalue weighted by Gasteiger charge is -2.32. The zero-order chi connectivity index (χ0) is 79.9. The minimum Gasteiger partial charge on any atom is -0.478 e. The van der Waals surface area contributed by atoms with Crippen LogP contribution in [0.15, 0.2) is 233 Å². The van der Waals surface area contributed by atoms with Gasteiger partial charge >= 0.3 is 5.97 Å². The van der Waals surface area contributed by atoms with Crippen LogP contribution in [0.4, 0.5) is 0 Å². The molecule has 8 heterocycles. The van der Waals surface area contributed by atoms with E-state index >= 15 is 0 Å². The van der Waals surface area contributed by atoms with Crippen molar-refractivity contribution in [2.75, 3.05) is 66.5 Å². The van der Waals surface area contributed by atoms with E-state index in [-0.39, 0.29) is 45.3 Å². The molecule has 23 nitrogen and oxygen atoms in total. The van der Waals surface area contributed by atoms with Crippen LogP contribution < -0.4 is 16.7 Å². The maximum Gasteiger partial charge on any atom is 0.335 e. The predicted octanol–water partition coefficient (Wildman–Crippen LogP) is 17.1. The molecule has 17 rings (SSSR count). The van der Waals surface area contributed by atoms with Crippen molar-refractivity contribution in [3.05, 3.63) is 312 Å². The van der Waals surface area contributed by atoms with Crippen LogP contribution in [0.2, 0.25) is 45.2 Å². The van der Waals surface area contributed by atoms with E-state index in [0.717, 1.165) is 26.2 Å². The number of piperazine rings is 2. The number of rotatable bonds is 12. The highest BCUT2D eigenvalue weighted by Gasteiger charge is 2.28. The molecule has 15 aromatic rings. The van der Waals surface area contributed by atoms with Crippen LogP contribution in [0.1, 0.15) is 31.1 Å². The summed E-state index contributed by atoms with van der Waals surface area (Å²) in [7, 11) is 4.10. The number of nitrogens with zero attached hydrogens (tertiary/aromatic N) is 16. The minimum absolute atomic E-state index is 0.00591. The van der Waals surface area contributed by atoms with Gasteiger partial charge in [0, 0.05) is 110 Å². The van der Waals surface area contributed by atoms with Gasteiger partial charge in [-0.3, -0.25) is 37.7 Å². The van der Waals surface area contributed by atoms with Crippen LogP contribution in [-0.2, 0) is 0 Å². The summed E-state index contributed by atoms with van der Waals surface area (Å²) in [6, 6.07) is 55.9. The zero-order valence-electron chi connectivity index (χ0n) is 59.9. The molecule has 0 radical (unpaired) electrons. The summed E-state index contributed by atoms with van der Waals surface area (Å²) in [5, 5.41) is 27.4. The summed E-state index contributed by atoms with van der Waals surface area (Å²) in [5.41, 5.74) is 6.44. The van der Waals surface area contributed by atoms with Gasteiger partial charge in [-0.25, -0.2) is 33.8 Å². The summed E-state index contributed by atoms with van der Waals surface area (Å²) >= 11 is 56.3. The third-order valence-corrected chi connectivity index (χ3v) is 21.6. The van der Waals surface area contributed by atoms with Crippen LogP contribution >= 0.6 is 104 Å². The second kappa shape index (κ2) is 33.2. The van der Waals surface area contributed by atoms with Crippen molar-refractivity contribution in [3.8, 4) is 68.3 Å². The van der Waals surface area contributed by atoms with Gasteiger partial charge in [-0.15, -0.1) is 0 Å². The summed E-state index contributed by atoms with van der Waals surface area (Å²) < 4.78 is 9.05. The third-order valence-electron chi connectivity index (χ3n) is 19.2. The fourth-order valence-electron chi connectivity index (χ4n) is 13.1. The van der Waals surface area contributed by atoms with Crippen molar-refractivity contribution in [2.45, 2.75) is 0 Å². The molecular weight excluding hydrogens is 1640 g/mol. The Labute approximate surface area is 693 Å². The number of amides is 2. The molecule has 0 aliphatic carbocycles. The molecule has 2 aliphatic heterocycles. The fourth-order valence-corrected chi connectivity index (χ4v) is 15.0. The average molecular weight is 1700 g/mol. The van der Waals surface area contributed by atoms with Crippen molar-refractivity contribution in [1.82, 2.24) is 77.6 Å². The molecule has 572 valence electrons. The van der Waals surface area contributed by atoms with E-state index in [9.17, 15) is 28.8 Å². The number of carboxylic acid groups (broad SMARTS) is 1. The second-order valence-corrected chi connectivity index (χ2v) is 30.4. The van der Waals surface area contributed by atoms with Crippen LogP contribution in [0.3, 0.4) is 0 Å². The number of fused-ring (bicyclic) bond motifs is 3. The molecule has 32 heteroatoms. The largest absolute Gasteiger partial charge is 0.478 e. The van der Waals surface area contributed by atoms with Gasteiger partial charge in [0.15, 0.2) is 34.4 Å². The molecule has 2 fully saturated rings. The summed E-state index contributed by atoms with van der Waals surface area (Å²) in [6.45, 7) is 6.18. The number of benzene rings is 9. The maximum atomic E-state index is 13.9. The Kier molecular flexibility index (Phi) is 22.8. The molecule has 2 saturated heterocycles. The van der Waals surface area contributed by atoms with Crippen molar-refractivity contribution in [3.63, 3.8) is 0 Å². The van der Waals surface area contributed by atoms with Gasteiger partial charge in [0.2, 0.25) is 0 Å². The molecule has 0 saturated carbocycles. The molecule has 0 bridgehead atoms. The first-order valence-corrected chi connectivity index (χ1v) is 38.5. The van der Waals surface area contributed by atoms with Crippen LogP contribution in [-0.4, -0.2) is 167 Å². The van der Waals surface area contributed by atoms with E-state index in [1.165, 1.54) is 49.1 Å². The number of halogens is 9. The van der Waals surface area contributed by atoms with E-state index in [1.54, 1.807) is 197 Å². The lowest BCUT2D eigenvalue weighted by Crippen LogP contribution is -2.47. The minimum atomic E-state index is -1.04. The van der Waals surface area contributed by atoms with Gasteiger partial charge in [0.1, 0.15) is 16.2 Å². The molecule has 6 aromatic heterocycles. The van der Waals surface area contributed by atoms with Gasteiger partial charge in [-0.2, -0.15) is 15.3 Å². The van der Waals surface area contributed by atoms with Gasteiger partial charge < -0.3 is 24.7 Å². The number of hydrogen-bond donors (Lipinski definition) is 1. The van der Waals surface area contributed by atoms with Crippen LogP contribution in [0.25, 0.3) is 101 Å². The highest BCUT2D eigenvalue weighted by atomic mass is 35.5. The van der Waals surface area contributed by atoms with E-state index < -0.39 is 5.97 Å². The summed E-state index contributed by atoms with van der Waals surface area (Å²) in [4.78, 5) is 101. The van der Waals surface area contributed by atoms with E-state index in [1.807, 2.05) is 9.80 Å². The monoisotopic (exact) mass is 1690 g/mol. The Morgan fingerprint density at radius 3 is 0.816 bits per heavy atom. The Hall–Kier alpha value is -11.0. The van der Waals surface area contributed by atoms with Gasteiger partial charge in [-0.1, -0.05) is 104 Å². The van der Waals surface area contributed by atoms with E-state index in [4.69, 9.17) is 124 Å². The number of carboxylic acids is 1. The quantitative estimate of drug-likeness (QED) is 0.120. The molecule has 1 N–H and O–H groups in total. The number of hydrogen-bond acceptors (Lipinski definition) is 14. The number of aromatic nitrogens is 12. The van der Waals surface area contributed by atoms with Gasteiger partial charge in [-0.05, 0) is 214 Å². The highest BCUT2D eigenvalue weighted by molar-refractivity contribution is 6.38. The summed E-state index contributed by atoms with van der Waals surface area (Å²) in [5.74, 6) is -0.122. The standard InChI is InChI=1S/2C29H23Cl3N6O2.C24H13Cl3N4O3/c2*1-35-12-14-36(15-13-35)28(39)18-2-7-22(8-3-18)38-27-24(17-33-38)29(40)37(21-9-4-19(30)5-10-21)26(34-27)23-11-6-20(31)16-25(23)32;25-14-3-8-16(9-4-14)30-21(18-10-5-15(26)11-20(18)27)29-22-19(23(30)32)12-28-31(22)17-6-1-13(2-7-17)24(33)34/h2*2-11,16-17H,12-15H2,1H3;1-12H,(H,33,34). The molecule has 9 aromatic carbocycles. The topological polar surface area (TPSA) is 243 Å². The molecule has 0 spiro atoms. The average Bonchev–Trinajstić information content (AvgIpc) is 1.51. The van der Waals surface area contributed by atoms with Crippen LogP contribution in [0.5, 0.6) is 0 Å². The second-order valence-electron chi connectivity index (χ2n) is 26.5. The number of carbonyl (C=O) groups excluding carboxylic acids is 2. The fraction of sp³-hybridized carbons (Fsp3) is 0.122. The number of aromatic carboxylic acids is 1. The number of carbonyl (C=O) groups is 3. The molecule has 114 heavy (non-hydrogen) atoms. The molecule has 0 atom stereocenters. The van der Waals surface area contributed by atoms with Crippen molar-refractivity contribution >= 4 is 155 Å². The van der Waals surface area contributed by atoms with Crippen molar-refractivity contribution in [2.24, 2.45) is 0 Å². The van der Waals surface area contributed by atoms with Gasteiger partial charge in [0.25, 0.3) is 28.5 Å². The summed E-state index contributed by atoms with van der Waals surface area (Å²) in [6.07, 6.45) is 4.41. The first-order valence-electron chi connectivity index (χ1n) is 35.1. The maximum absolute atomic E-state index is 13.9. The smallest absolute Gasteiger partial charge is 0.335 e. The molecule has 2 aliphatic rings. The SMILES string of the molecule is CN1CCN(C(=O)c2ccc(-n3ncc4c(=O)n(-c5ccc(Cl)cc5)c(-c5ccc(Cl)cc5Cl)nc43)cc2)CC1.CN1CCN(C(=O)c2ccc(-n3ncc4c(=O)n(-c5ccc(Cl)cc5)c(-c5ccc(Cl)cc5Cl)nc43)cc2)CC1.O=C(O)c1ccc(-n2ncc3c(=O)n(-c4ccc(Cl)cc4)c(-c4ccc(Cl)cc4Cl)nc32)cc1. The Bertz CT molecular complexity index is 6170. The predicted molar refractivity (Wildman–Crippen MR) is 449 cm³/mol. The Balaban J connectivity index is 0.000000135. The van der Waals surface area contributed by atoms with Gasteiger partial charge in [0.05, 0.1) is 73.3 Å². The lowest BCUT2D eigenvalue weighted by atomic mass is 10.1. The van der Waals surface area contributed by atoms with E-state index in [0.29, 0.717) is 173 Å². The Morgan fingerprint density at radius 1 is 0.316 bits per heavy atom.